The zero-order chi connectivity index (χ0) is 36.0. The van der Waals surface area contributed by atoms with E-state index in [0.717, 1.165) is 69.2 Å². The molecule has 2 N–H and O–H groups in total. The lowest BCUT2D eigenvalue weighted by Crippen LogP contribution is -2.25. The first-order valence-electron chi connectivity index (χ1n) is 19.2. The van der Waals surface area contributed by atoms with E-state index in [0.29, 0.717) is 0 Å². The van der Waals surface area contributed by atoms with Crippen LogP contribution in [-0.4, -0.2) is 15.8 Å². The van der Waals surface area contributed by atoms with Crippen LogP contribution >= 0.6 is 0 Å². The summed E-state index contributed by atoms with van der Waals surface area (Å²) in [6.07, 6.45) is 15.3. The molecule has 3 aliphatic rings. The molecule has 0 saturated heterocycles. The third-order valence-corrected chi connectivity index (χ3v) is 10.8. The molecule has 0 radical (unpaired) electrons. The standard InChI is InChI=1S/C47H34N4.C3H6/c1-2-42-39-17-9-10-18-43(39)51-47(50-42)30-21-19-29(20-22-30)44-27-33(40-25-31-11-3-4-12-34(31)35-13-5-6-14-36(35)40)28-45(49-44)41-26-32-23-24-48-46(32)38-16-8-7-15-37(38)41;1-2-3-1/h2,4-10,12-28,48H,3,11H2,1H3,(H,50,51);1-3H2/b42-2-;. The Labute approximate surface area is 315 Å². The number of benzene rings is 6. The number of nitrogens with zero attached hydrogens (tertiary/aromatic N) is 2. The predicted octanol–water partition coefficient (Wildman–Crippen LogP) is 13.0. The Balaban J connectivity index is 0.00000115. The summed E-state index contributed by atoms with van der Waals surface area (Å²) in [5.74, 6) is 0.844. The number of aryl methyl sites for hydroxylation is 1. The number of pyridine rings is 1. The van der Waals surface area contributed by atoms with E-state index in [1.807, 2.05) is 12.3 Å². The summed E-state index contributed by atoms with van der Waals surface area (Å²) in [4.78, 5) is 13.9. The van der Waals surface area contributed by atoms with E-state index in [1.165, 1.54) is 68.4 Å². The Bertz CT molecular complexity index is 2830. The van der Waals surface area contributed by atoms with Crippen molar-refractivity contribution in [1.29, 1.82) is 0 Å². The molecule has 0 spiro atoms. The van der Waals surface area contributed by atoms with Crippen LogP contribution in [0.1, 0.15) is 54.9 Å². The molecule has 2 aliphatic carbocycles. The van der Waals surface area contributed by atoms with Gasteiger partial charge in [0, 0.05) is 44.9 Å². The Kier molecular flexibility index (Phi) is 8.02. The second-order valence-electron chi connectivity index (χ2n) is 14.5. The highest BCUT2D eigenvalue weighted by molar-refractivity contribution is 6.13. The van der Waals surface area contributed by atoms with E-state index in [4.69, 9.17) is 9.98 Å². The molecule has 0 unspecified atom stereocenters. The van der Waals surface area contributed by atoms with Crippen molar-refractivity contribution in [3.8, 4) is 33.6 Å². The highest BCUT2D eigenvalue weighted by atomic mass is 15.0. The number of H-pyrrole nitrogens is 1. The maximum Gasteiger partial charge on any atom is 0.138 e. The Morgan fingerprint density at radius 3 is 2.11 bits per heavy atom. The van der Waals surface area contributed by atoms with E-state index >= 15 is 0 Å². The van der Waals surface area contributed by atoms with Gasteiger partial charge in [0.15, 0.2) is 0 Å². The molecule has 3 heterocycles. The lowest BCUT2D eigenvalue weighted by Gasteiger charge is -2.21. The number of amidine groups is 1. The van der Waals surface area contributed by atoms with Gasteiger partial charge in [-0.15, -0.1) is 0 Å². The van der Waals surface area contributed by atoms with Crippen molar-refractivity contribution >= 4 is 55.7 Å². The lowest BCUT2D eigenvalue weighted by atomic mass is 9.86. The zero-order valence-corrected chi connectivity index (χ0v) is 30.4. The lowest BCUT2D eigenvalue weighted by molar-refractivity contribution is 0.990. The molecule has 0 bridgehead atoms. The fraction of sp³-hybridized carbons (Fsp3) is 0.120. The average molecular weight is 697 g/mol. The largest absolute Gasteiger partial charge is 0.361 e. The number of aromatic nitrogens is 2. The summed E-state index contributed by atoms with van der Waals surface area (Å²) in [5.41, 5.74) is 14.6. The molecule has 0 atom stereocenters. The van der Waals surface area contributed by atoms with Crippen molar-refractivity contribution in [2.45, 2.75) is 39.0 Å². The van der Waals surface area contributed by atoms with Gasteiger partial charge < -0.3 is 10.3 Å². The predicted molar refractivity (Wildman–Crippen MR) is 228 cm³/mol. The fourth-order valence-corrected chi connectivity index (χ4v) is 7.93. The number of aliphatic imine (C=N–C) groups is 1. The average Bonchev–Trinajstić information content (AvgIpc) is 4.06. The summed E-state index contributed by atoms with van der Waals surface area (Å²) in [6, 6.07) is 45.8. The van der Waals surface area contributed by atoms with Crippen LogP contribution in [0, 0.1) is 0 Å². The first-order chi connectivity index (χ1) is 26.7. The van der Waals surface area contributed by atoms with E-state index in [1.54, 1.807) is 0 Å². The SMILES string of the molecule is C/C=C1\NC(c2ccc(-c3cc(-c4cc5c(c6ccccc46)C=CCC5)cc(-c4cc5cc[nH]c5c5ccccc45)n3)cc2)=Nc2ccccc21.C1CC1. The van der Waals surface area contributed by atoms with Crippen LogP contribution in [0.15, 0.2) is 151 Å². The molecule has 1 aliphatic heterocycles. The van der Waals surface area contributed by atoms with Gasteiger partial charge in [-0.2, -0.15) is 0 Å². The molecule has 2 aromatic heterocycles. The van der Waals surface area contributed by atoms with Gasteiger partial charge in [0.2, 0.25) is 0 Å². The summed E-state index contributed by atoms with van der Waals surface area (Å²) in [6.45, 7) is 2.06. The molecular formula is C50H40N4. The van der Waals surface area contributed by atoms with Gasteiger partial charge in [-0.1, -0.05) is 128 Å². The third-order valence-electron chi connectivity index (χ3n) is 10.8. The summed E-state index contributed by atoms with van der Waals surface area (Å²) < 4.78 is 0. The van der Waals surface area contributed by atoms with Gasteiger partial charge in [-0.3, -0.25) is 0 Å². The van der Waals surface area contributed by atoms with E-state index < -0.39 is 0 Å². The number of para-hydroxylation sites is 1. The highest BCUT2D eigenvalue weighted by Crippen LogP contribution is 2.41. The Morgan fingerprint density at radius 2 is 1.31 bits per heavy atom. The maximum atomic E-state index is 5.43. The molecule has 4 heteroatoms. The summed E-state index contributed by atoms with van der Waals surface area (Å²) in [5, 5.41) is 9.67. The summed E-state index contributed by atoms with van der Waals surface area (Å²) in [7, 11) is 0. The van der Waals surface area contributed by atoms with Crippen LogP contribution in [0.2, 0.25) is 0 Å². The summed E-state index contributed by atoms with van der Waals surface area (Å²) >= 11 is 0. The number of nitrogens with one attached hydrogen (secondary N) is 2. The van der Waals surface area contributed by atoms with Crippen molar-refractivity contribution in [2.75, 3.05) is 0 Å². The first kappa shape index (κ1) is 32.2. The Morgan fingerprint density at radius 1 is 0.611 bits per heavy atom. The van der Waals surface area contributed by atoms with Gasteiger partial charge in [0.25, 0.3) is 0 Å². The number of allylic oxidation sites excluding steroid dienone is 2. The van der Waals surface area contributed by atoms with Crippen LogP contribution < -0.4 is 5.32 Å². The second-order valence-corrected chi connectivity index (χ2v) is 14.5. The van der Waals surface area contributed by atoms with Crippen LogP contribution in [0.4, 0.5) is 5.69 Å². The monoisotopic (exact) mass is 696 g/mol. The molecule has 6 aromatic carbocycles. The minimum Gasteiger partial charge on any atom is -0.361 e. The zero-order valence-electron chi connectivity index (χ0n) is 30.4. The number of hydrogen-bond donors (Lipinski definition) is 2. The van der Waals surface area contributed by atoms with Gasteiger partial charge in [-0.25, -0.2) is 9.98 Å². The van der Waals surface area contributed by atoms with E-state index in [9.17, 15) is 0 Å². The van der Waals surface area contributed by atoms with Crippen molar-refractivity contribution in [3.05, 3.63) is 168 Å². The fourth-order valence-electron chi connectivity index (χ4n) is 7.93. The number of fused-ring (bicyclic) bond motifs is 7. The molecule has 1 saturated carbocycles. The van der Waals surface area contributed by atoms with Crippen LogP contribution in [-0.2, 0) is 6.42 Å². The van der Waals surface area contributed by atoms with Crippen LogP contribution in [0.5, 0.6) is 0 Å². The quantitative estimate of drug-likeness (QED) is 0.192. The molecule has 54 heavy (non-hydrogen) atoms. The van der Waals surface area contributed by atoms with E-state index in [-0.39, 0.29) is 0 Å². The molecule has 11 rings (SSSR count). The van der Waals surface area contributed by atoms with Crippen molar-refractivity contribution in [1.82, 2.24) is 15.3 Å². The van der Waals surface area contributed by atoms with Crippen LogP contribution in [0.3, 0.4) is 0 Å². The van der Waals surface area contributed by atoms with Gasteiger partial charge in [-0.05, 0) is 94.6 Å². The Hall–Kier alpha value is -6.52. The smallest absolute Gasteiger partial charge is 0.138 e. The third kappa shape index (κ3) is 5.81. The van der Waals surface area contributed by atoms with E-state index in [2.05, 4.69) is 157 Å². The second kappa shape index (κ2) is 13.5. The normalized spacial score (nSPS) is 15.0. The van der Waals surface area contributed by atoms with Crippen molar-refractivity contribution in [2.24, 2.45) is 4.99 Å². The topological polar surface area (TPSA) is 53.1 Å². The minimum absolute atomic E-state index is 0.844. The molecule has 1 fully saturated rings. The number of hydrogen-bond acceptors (Lipinski definition) is 3. The van der Waals surface area contributed by atoms with Gasteiger partial charge >= 0.3 is 0 Å². The molecule has 0 amide bonds. The molecule has 4 nitrogen and oxygen atoms in total. The molecular weight excluding hydrogens is 657 g/mol. The number of rotatable bonds is 4. The highest BCUT2D eigenvalue weighted by Gasteiger charge is 2.20. The first-order valence-corrected chi connectivity index (χ1v) is 19.2. The number of aromatic amines is 1. The van der Waals surface area contributed by atoms with Gasteiger partial charge in [0.1, 0.15) is 5.84 Å². The molecule has 8 aromatic rings. The van der Waals surface area contributed by atoms with Gasteiger partial charge in [0.05, 0.1) is 22.6 Å². The van der Waals surface area contributed by atoms with Crippen molar-refractivity contribution < 1.29 is 0 Å². The van der Waals surface area contributed by atoms with Crippen molar-refractivity contribution in [3.63, 3.8) is 0 Å². The molecule has 260 valence electrons. The maximum absolute atomic E-state index is 5.43. The van der Waals surface area contributed by atoms with Crippen LogP contribution in [0.25, 0.3) is 77.9 Å². The minimum atomic E-state index is 0.844.